The lowest BCUT2D eigenvalue weighted by atomic mass is 10.0. The van der Waals surface area contributed by atoms with Gasteiger partial charge in [0.2, 0.25) is 0 Å². The van der Waals surface area contributed by atoms with E-state index in [-0.39, 0.29) is 0 Å². The molecule has 1 fully saturated rings. The van der Waals surface area contributed by atoms with Gasteiger partial charge < -0.3 is 10.6 Å². The maximum absolute atomic E-state index is 3.41. The van der Waals surface area contributed by atoms with Crippen LogP contribution in [0.2, 0.25) is 0 Å². The zero-order valence-electron chi connectivity index (χ0n) is 12.4. The molecule has 0 bridgehead atoms. The zero-order valence-corrected chi connectivity index (χ0v) is 13.2. The normalized spacial score (nSPS) is 18.0. The van der Waals surface area contributed by atoms with E-state index in [1.807, 2.05) is 18.8 Å². The monoisotopic (exact) mass is 298 g/mol. The Morgan fingerprint density at radius 3 is 2.67 bits per heavy atom. The van der Waals surface area contributed by atoms with E-state index in [4.69, 9.17) is 0 Å². The molecule has 0 saturated carbocycles. The Bertz CT molecular complexity index is 574. The van der Waals surface area contributed by atoms with Crippen molar-refractivity contribution in [1.82, 2.24) is 10.6 Å². The van der Waals surface area contributed by atoms with E-state index in [9.17, 15) is 0 Å². The van der Waals surface area contributed by atoms with Gasteiger partial charge in [0, 0.05) is 24.2 Å². The van der Waals surface area contributed by atoms with Crippen LogP contribution in [-0.4, -0.2) is 24.7 Å². The molecule has 1 heterocycles. The largest absolute Gasteiger partial charge is 0.316 e. The zero-order chi connectivity index (χ0) is 14.5. The van der Waals surface area contributed by atoms with E-state index in [1.165, 1.54) is 22.3 Å². The van der Waals surface area contributed by atoms with Gasteiger partial charge in [-0.3, -0.25) is 0 Å². The SMILES string of the molecule is CNCc1cccc(-c2ccc(CC3CNCS3)cc2)c1. The Kier molecular flexibility index (Phi) is 4.96. The lowest BCUT2D eigenvalue weighted by Gasteiger charge is -2.09. The van der Waals surface area contributed by atoms with Crippen LogP contribution in [-0.2, 0) is 13.0 Å². The summed E-state index contributed by atoms with van der Waals surface area (Å²) in [5.74, 6) is 1.10. The summed E-state index contributed by atoms with van der Waals surface area (Å²) in [6, 6.07) is 17.8. The van der Waals surface area contributed by atoms with Crippen molar-refractivity contribution in [2.24, 2.45) is 0 Å². The Hall–Kier alpha value is -1.29. The van der Waals surface area contributed by atoms with Crippen LogP contribution in [0.25, 0.3) is 11.1 Å². The maximum Gasteiger partial charge on any atom is 0.0421 e. The second-order valence-electron chi connectivity index (χ2n) is 5.52. The molecule has 0 spiro atoms. The van der Waals surface area contributed by atoms with Gasteiger partial charge in [-0.2, -0.15) is 0 Å². The molecule has 0 amide bonds. The molecule has 0 aromatic heterocycles. The van der Waals surface area contributed by atoms with Crippen molar-refractivity contribution in [3.05, 3.63) is 59.7 Å². The molecular formula is C18H22N2S. The highest BCUT2D eigenvalue weighted by atomic mass is 32.2. The first-order valence-electron chi connectivity index (χ1n) is 7.50. The molecule has 2 aromatic carbocycles. The Morgan fingerprint density at radius 2 is 1.95 bits per heavy atom. The summed E-state index contributed by atoms with van der Waals surface area (Å²) in [7, 11) is 1.98. The van der Waals surface area contributed by atoms with Gasteiger partial charge in [0.25, 0.3) is 0 Å². The number of benzene rings is 2. The van der Waals surface area contributed by atoms with Gasteiger partial charge in [-0.1, -0.05) is 42.5 Å². The summed E-state index contributed by atoms with van der Waals surface area (Å²) in [6.07, 6.45) is 1.16. The first-order chi connectivity index (χ1) is 10.3. The van der Waals surface area contributed by atoms with Crippen molar-refractivity contribution in [3.8, 4) is 11.1 Å². The maximum atomic E-state index is 3.41. The fourth-order valence-electron chi connectivity index (χ4n) is 2.75. The summed E-state index contributed by atoms with van der Waals surface area (Å²) >= 11 is 2.03. The smallest absolute Gasteiger partial charge is 0.0421 e. The highest BCUT2D eigenvalue weighted by Gasteiger charge is 2.15. The third-order valence-electron chi connectivity index (χ3n) is 3.85. The average Bonchev–Trinajstić information content (AvgIpc) is 3.02. The van der Waals surface area contributed by atoms with Crippen LogP contribution in [0.15, 0.2) is 48.5 Å². The van der Waals surface area contributed by atoms with Gasteiger partial charge in [-0.05, 0) is 41.8 Å². The predicted octanol–water partition coefficient (Wildman–Crippen LogP) is 3.28. The Morgan fingerprint density at radius 1 is 1.10 bits per heavy atom. The number of hydrogen-bond acceptors (Lipinski definition) is 3. The van der Waals surface area contributed by atoms with Crippen LogP contribution in [0.5, 0.6) is 0 Å². The van der Waals surface area contributed by atoms with E-state index < -0.39 is 0 Å². The summed E-state index contributed by atoms with van der Waals surface area (Å²) in [4.78, 5) is 0. The minimum Gasteiger partial charge on any atom is -0.316 e. The fraction of sp³-hybridized carbons (Fsp3) is 0.333. The first kappa shape index (κ1) is 14.6. The van der Waals surface area contributed by atoms with Crippen molar-refractivity contribution in [2.75, 3.05) is 19.5 Å². The van der Waals surface area contributed by atoms with Gasteiger partial charge in [-0.15, -0.1) is 11.8 Å². The molecule has 21 heavy (non-hydrogen) atoms. The highest BCUT2D eigenvalue weighted by molar-refractivity contribution is 8.00. The van der Waals surface area contributed by atoms with Crippen molar-refractivity contribution < 1.29 is 0 Å². The molecule has 1 unspecified atom stereocenters. The molecule has 1 aliphatic rings. The average molecular weight is 298 g/mol. The van der Waals surface area contributed by atoms with Gasteiger partial charge in [0.05, 0.1) is 0 Å². The molecule has 0 radical (unpaired) electrons. The molecule has 2 nitrogen and oxygen atoms in total. The highest BCUT2D eigenvalue weighted by Crippen LogP contribution is 2.24. The van der Waals surface area contributed by atoms with Crippen LogP contribution in [0, 0.1) is 0 Å². The minimum absolute atomic E-state index is 0.731. The molecule has 3 rings (SSSR count). The molecule has 2 N–H and O–H groups in total. The Balaban J connectivity index is 1.72. The fourth-order valence-corrected chi connectivity index (χ4v) is 3.77. The minimum atomic E-state index is 0.731. The van der Waals surface area contributed by atoms with Gasteiger partial charge >= 0.3 is 0 Å². The van der Waals surface area contributed by atoms with Crippen LogP contribution in [0.3, 0.4) is 0 Å². The van der Waals surface area contributed by atoms with Crippen LogP contribution in [0.4, 0.5) is 0 Å². The number of rotatable bonds is 5. The summed E-state index contributed by atoms with van der Waals surface area (Å²) in [6.45, 7) is 2.05. The van der Waals surface area contributed by atoms with E-state index in [0.717, 1.165) is 30.6 Å². The number of hydrogen-bond donors (Lipinski definition) is 2. The van der Waals surface area contributed by atoms with E-state index in [2.05, 4.69) is 59.2 Å². The molecule has 0 aliphatic carbocycles. The third-order valence-corrected chi connectivity index (χ3v) is 5.03. The van der Waals surface area contributed by atoms with Gasteiger partial charge in [-0.25, -0.2) is 0 Å². The Labute approximate surface area is 131 Å². The van der Waals surface area contributed by atoms with Crippen LogP contribution >= 0.6 is 11.8 Å². The topological polar surface area (TPSA) is 24.1 Å². The van der Waals surface area contributed by atoms with Crippen molar-refractivity contribution in [2.45, 2.75) is 18.2 Å². The number of nitrogens with one attached hydrogen (secondary N) is 2. The number of thioether (sulfide) groups is 1. The third kappa shape index (κ3) is 3.88. The summed E-state index contributed by atoms with van der Waals surface area (Å²) in [5.41, 5.74) is 5.36. The second kappa shape index (κ2) is 7.12. The molecule has 2 aromatic rings. The van der Waals surface area contributed by atoms with Crippen LogP contribution < -0.4 is 10.6 Å². The summed E-state index contributed by atoms with van der Waals surface area (Å²) in [5, 5.41) is 7.34. The molecular weight excluding hydrogens is 276 g/mol. The molecule has 1 aliphatic heterocycles. The lowest BCUT2D eigenvalue weighted by Crippen LogP contribution is -2.14. The quantitative estimate of drug-likeness (QED) is 0.886. The van der Waals surface area contributed by atoms with Crippen molar-refractivity contribution in [3.63, 3.8) is 0 Å². The lowest BCUT2D eigenvalue weighted by molar-refractivity contribution is 0.769. The van der Waals surface area contributed by atoms with Gasteiger partial charge in [0.1, 0.15) is 0 Å². The van der Waals surface area contributed by atoms with Crippen molar-refractivity contribution in [1.29, 1.82) is 0 Å². The van der Waals surface area contributed by atoms with E-state index in [1.54, 1.807) is 0 Å². The standard InChI is InChI=1S/C18H22N2S/c1-19-11-15-3-2-4-17(9-15)16-7-5-14(6-8-16)10-18-12-20-13-21-18/h2-9,18-20H,10-13H2,1H3. The van der Waals surface area contributed by atoms with E-state index in [0.29, 0.717) is 0 Å². The second-order valence-corrected chi connectivity index (χ2v) is 6.81. The predicted molar refractivity (Wildman–Crippen MR) is 92.6 cm³/mol. The van der Waals surface area contributed by atoms with Crippen LogP contribution in [0.1, 0.15) is 11.1 Å². The summed E-state index contributed by atoms with van der Waals surface area (Å²) < 4.78 is 0. The van der Waals surface area contributed by atoms with E-state index >= 15 is 0 Å². The molecule has 1 atom stereocenters. The first-order valence-corrected chi connectivity index (χ1v) is 8.55. The van der Waals surface area contributed by atoms with Crippen molar-refractivity contribution >= 4 is 11.8 Å². The molecule has 3 heteroatoms. The van der Waals surface area contributed by atoms with Gasteiger partial charge in [0.15, 0.2) is 0 Å². The molecule has 1 saturated heterocycles. The molecule has 110 valence electrons.